The molecule has 1 aromatic rings. The minimum absolute atomic E-state index is 0.194. The molecule has 0 fully saturated rings. The Balaban J connectivity index is 2.55. The normalized spacial score (nSPS) is 13.5. The van der Waals surface area contributed by atoms with Crippen molar-refractivity contribution in [3.05, 3.63) is 23.8 Å². The van der Waals surface area contributed by atoms with Gasteiger partial charge in [0.1, 0.15) is 11.5 Å². The van der Waals surface area contributed by atoms with Crippen LogP contribution in [-0.2, 0) is 11.2 Å². The van der Waals surface area contributed by atoms with Crippen LogP contribution in [-0.4, -0.2) is 31.8 Å². The van der Waals surface area contributed by atoms with Gasteiger partial charge in [-0.05, 0) is 37.3 Å². The molecule has 0 bridgehead atoms. The molecule has 0 saturated carbocycles. The van der Waals surface area contributed by atoms with Crippen molar-refractivity contribution in [1.82, 2.24) is 0 Å². The molecule has 0 radical (unpaired) electrons. The first-order valence-corrected chi connectivity index (χ1v) is 7.66. The number of aliphatic carboxylic acids is 1. The van der Waals surface area contributed by atoms with Gasteiger partial charge >= 0.3 is 5.97 Å². The molecule has 0 amide bonds. The number of ether oxygens (including phenoxy) is 2. The molecule has 0 aliphatic heterocycles. The van der Waals surface area contributed by atoms with Crippen molar-refractivity contribution in [3.63, 3.8) is 0 Å². The SMILES string of the molecule is COc1cccc(OC)c1CCCC(C)CC(CN)C(=O)O. The van der Waals surface area contributed by atoms with Crippen LogP contribution in [0.2, 0.25) is 0 Å². The van der Waals surface area contributed by atoms with Gasteiger partial charge in [0.15, 0.2) is 0 Å². The lowest BCUT2D eigenvalue weighted by Gasteiger charge is -2.17. The fourth-order valence-electron chi connectivity index (χ4n) is 2.70. The Morgan fingerprint density at radius 2 is 1.86 bits per heavy atom. The lowest BCUT2D eigenvalue weighted by Crippen LogP contribution is -2.25. The van der Waals surface area contributed by atoms with Crippen molar-refractivity contribution < 1.29 is 19.4 Å². The Morgan fingerprint density at radius 3 is 2.32 bits per heavy atom. The van der Waals surface area contributed by atoms with E-state index in [-0.39, 0.29) is 6.54 Å². The number of methoxy groups -OCH3 is 2. The molecule has 0 aromatic heterocycles. The average molecular weight is 309 g/mol. The van der Waals surface area contributed by atoms with E-state index in [4.69, 9.17) is 20.3 Å². The predicted molar refractivity (Wildman–Crippen MR) is 86.4 cm³/mol. The molecule has 2 unspecified atom stereocenters. The maximum absolute atomic E-state index is 11.0. The molecule has 5 nitrogen and oxygen atoms in total. The molecule has 0 aliphatic rings. The topological polar surface area (TPSA) is 81.8 Å². The second-order valence-corrected chi connectivity index (χ2v) is 5.65. The van der Waals surface area contributed by atoms with Gasteiger partial charge in [-0.15, -0.1) is 0 Å². The lowest BCUT2D eigenvalue weighted by atomic mass is 9.91. The summed E-state index contributed by atoms with van der Waals surface area (Å²) < 4.78 is 10.8. The van der Waals surface area contributed by atoms with Crippen LogP contribution in [0.25, 0.3) is 0 Å². The zero-order chi connectivity index (χ0) is 16.5. The van der Waals surface area contributed by atoms with Crippen molar-refractivity contribution in [2.24, 2.45) is 17.6 Å². The van der Waals surface area contributed by atoms with Gasteiger partial charge in [0.25, 0.3) is 0 Å². The van der Waals surface area contributed by atoms with Crippen molar-refractivity contribution in [1.29, 1.82) is 0 Å². The fraction of sp³-hybridized carbons (Fsp3) is 0.588. The Bertz CT molecular complexity index is 453. The first kappa shape index (κ1) is 18.3. The van der Waals surface area contributed by atoms with Gasteiger partial charge in [0.05, 0.1) is 20.1 Å². The van der Waals surface area contributed by atoms with Crippen LogP contribution >= 0.6 is 0 Å². The largest absolute Gasteiger partial charge is 0.496 e. The highest BCUT2D eigenvalue weighted by Gasteiger charge is 2.19. The zero-order valence-corrected chi connectivity index (χ0v) is 13.7. The van der Waals surface area contributed by atoms with Crippen molar-refractivity contribution in [2.45, 2.75) is 32.6 Å². The summed E-state index contributed by atoms with van der Waals surface area (Å²) in [7, 11) is 3.30. The minimum Gasteiger partial charge on any atom is -0.496 e. The van der Waals surface area contributed by atoms with E-state index in [1.807, 2.05) is 18.2 Å². The van der Waals surface area contributed by atoms with Crippen LogP contribution in [0.3, 0.4) is 0 Å². The predicted octanol–water partition coefficient (Wildman–Crippen LogP) is 2.71. The molecular weight excluding hydrogens is 282 g/mol. The quantitative estimate of drug-likeness (QED) is 0.694. The smallest absolute Gasteiger partial charge is 0.307 e. The van der Waals surface area contributed by atoms with Crippen LogP contribution in [0.5, 0.6) is 11.5 Å². The molecule has 1 aromatic carbocycles. The molecule has 124 valence electrons. The highest BCUT2D eigenvalue weighted by molar-refractivity contribution is 5.70. The third-order valence-electron chi connectivity index (χ3n) is 3.97. The van der Waals surface area contributed by atoms with E-state index in [9.17, 15) is 4.79 Å². The van der Waals surface area contributed by atoms with E-state index in [0.717, 1.165) is 36.3 Å². The highest BCUT2D eigenvalue weighted by atomic mass is 16.5. The van der Waals surface area contributed by atoms with Crippen molar-refractivity contribution >= 4 is 5.97 Å². The monoisotopic (exact) mass is 309 g/mol. The Morgan fingerprint density at radius 1 is 1.27 bits per heavy atom. The van der Waals surface area contributed by atoms with Crippen molar-refractivity contribution in [3.8, 4) is 11.5 Å². The molecule has 5 heteroatoms. The van der Waals surface area contributed by atoms with Gasteiger partial charge in [0, 0.05) is 12.1 Å². The number of hydrogen-bond donors (Lipinski definition) is 2. The molecule has 0 aliphatic carbocycles. The Hall–Kier alpha value is -1.75. The number of nitrogens with two attached hydrogens (primary N) is 1. The number of hydrogen-bond acceptors (Lipinski definition) is 4. The number of benzene rings is 1. The summed E-state index contributed by atoms with van der Waals surface area (Å²) in [6.07, 6.45) is 3.37. The van der Waals surface area contributed by atoms with Crippen LogP contribution in [0, 0.1) is 11.8 Å². The van der Waals surface area contributed by atoms with Crippen LogP contribution in [0.4, 0.5) is 0 Å². The van der Waals surface area contributed by atoms with Crippen LogP contribution in [0.15, 0.2) is 18.2 Å². The maximum atomic E-state index is 11.0. The van der Waals surface area contributed by atoms with Gasteiger partial charge in [-0.3, -0.25) is 4.79 Å². The number of rotatable bonds is 10. The minimum atomic E-state index is -0.805. The van der Waals surface area contributed by atoms with E-state index < -0.39 is 11.9 Å². The summed E-state index contributed by atoms with van der Waals surface area (Å²) in [5.41, 5.74) is 6.57. The summed E-state index contributed by atoms with van der Waals surface area (Å²) in [4.78, 5) is 11.0. The van der Waals surface area contributed by atoms with Gasteiger partial charge in [-0.2, -0.15) is 0 Å². The molecule has 2 atom stereocenters. The van der Waals surface area contributed by atoms with E-state index in [2.05, 4.69) is 6.92 Å². The van der Waals surface area contributed by atoms with E-state index in [1.165, 1.54) is 0 Å². The van der Waals surface area contributed by atoms with Gasteiger partial charge in [0.2, 0.25) is 0 Å². The lowest BCUT2D eigenvalue weighted by molar-refractivity contribution is -0.141. The second kappa shape index (κ2) is 9.30. The molecular formula is C17H27NO4. The number of carboxylic acids is 1. The van der Waals surface area contributed by atoms with E-state index >= 15 is 0 Å². The molecule has 22 heavy (non-hydrogen) atoms. The third-order valence-corrected chi connectivity index (χ3v) is 3.97. The Labute approximate surface area is 132 Å². The van der Waals surface area contributed by atoms with Gasteiger partial charge in [-0.25, -0.2) is 0 Å². The zero-order valence-electron chi connectivity index (χ0n) is 13.7. The standard InChI is InChI=1S/C17H27NO4/c1-12(10-13(11-18)17(19)20)6-4-7-14-15(21-2)8-5-9-16(14)22-3/h5,8-9,12-13H,4,6-7,10-11,18H2,1-3H3,(H,19,20). The molecule has 0 heterocycles. The summed E-state index contributed by atoms with van der Waals surface area (Å²) in [5, 5.41) is 9.05. The van der Waals surface area contributed by atoms with E-state index in [0.29, 0.717) is 12.3 Å². The third kappa shape index (κ3) is 5.22. The molecule has 0 saturated heterocycles. The van der Waals surface area contributed by atoms with Crippen molar-refractivity contribution in [2.75, 3.05) is 20.8 Å². The van der Waals surface area contributed by atoms with Gasteiger partial charge < -0.3 is 20.3 Å². The summed E-state index contributed by atoms with van der Waals surface area (Å²) in [5.74, 6) is 0.733. The Kier molecular flexibility index (Phi) is 7.74. The average Bonchev–Trinajstić information content (AvgIpc) is 2.52. The first-order valence-electron chi connectivity index (χ1n) is 7.66. The maximum Gasteiger partial charge on any atom is 0.307 e. The second-order valence-electron chi connectivity index (χ2n) is 5.65. The molecule has 0 spiro atoms. The fourth-order valence-corrected chi connectivity index (χ4v) is 2.70. The number of carbonyl (C=O) groups is 1. The molecule has 1 rings (SSSR count). The van der Waals surface area contributed by atoms with Crippen LogP contribution in [0.1, 0.15) is 31.7 Å². The summed E-state index contributed by atoms with van der Waals surface area (Å²) >= 11 is 0. The van der Waals surface area contributed by atoms with E-state index in [1.54, 1.807) is 14.2 Å². The number of carboxylic acid groups (broad SMARTS) is 1. The first-order chi connectivity index (χ1) is 10.5. The highest BCUT2D eigenvalue weighted by Crippen LogP contribution is 2.30. The summed E-state index contributed by atoms with van der Waals surface area (Å²) in [6, 6.07) is 5.76. The van der Waals surface area contributed by atoms with Crippen LogP contribution < -0.4 is 15.2 Å². The molecule has 3 N–H and O–H groups in total. The van der Waals surface area contributed by atoms with Gasteiger partial charge in [-0.1, -0.05) is 19.4 Å². The summed E-state index contributed by atoms with van der Waals surface area (Å²) in [6.45, 7) is 2.27.